The summed E-state index contributed by atoms with van der Waals surface area (Å²) in [4.78, 5) is 21.0. The smallest absolute Gasteiger partial charge is 0.224 e. The number of nitrogens with zero attached hydrogens (tertiary/aromatic N) is 2. The molecule has 128 valence electrons. The molecule has 1 N–H and O–H groups in total. The number of halogens is 1. The lowest BCUT2D eigenvalue weighted by Crippen LogP contribution is -2.13. The largest absolute Gasteiger partial charge is 0.495 e. The third kappa shape index (κ3) is 4.55. The molecule has 25 heavy (non-hydrogen) atoms. The molecule has 0 saturated heterocycles. The first-order chi connectivity index (χ1) is 12.2. The third-order valence-corrected chi connectivity index (χ3v) is 4.63. The van der Waals surface area contributed by atoms with Gasteiger partial charge in [0.15, 0.2) is 0 Å². The van der Waals surface area contributed by atoms with Crippen LogP contribution in [0.4, 0.5) is 5.69 Å². The zero-order valence-corrected chi connectivity index (χ0v) is 15.1. The monoisotopic (exact) mass is 373 g/mol. The summed E-state index contributed by atoms with van der Waals surface area (Å²) in [6, 6.07) is 10.8. The molecule has 7 heteroatoms. The van der Waals surface area contributed by atoms with Crippen LogP contribution in [0.2, 0.25) is 5.02 Å². The van der Waals surface area contributed by atoms with Crippen LogP contribution in [0.25, 0.3) is 10.7 Å². The van der Waals surface area contributed by atoms with Crippen molar-refractivity contribution in [1.82, 2.24) is 9.97 Å². The molecule has 2 aromatic heterocycles. The van der Waals surface area contributed by atoms with Crippen molar-refractivity contribution in [2.75, 3.05) is 12.4 Å². The first-order valence-corrected chi connectivity index (χ1v) is 8.90. The second-order valence-electron chi connectivity index (χ2n) is 5.25. The van der Waals surface area contributed by atoms with Gasteiger partial charge in [-0.3, -0.25) is 9.78 Å². The van der Waals surface area contributed by atoms with Gasteiger partial charge < -0.3 is 10.1 Å². The molecule has 3 rings (SSSR count). The maximum atomic E-state index is 12.2. The number of carbonyl (C=O) groups is 1. The number of rotatable bonds is 6. The molecule has 1 aromatic carbocycles. The molecule has 0 aliphatic heterocycles. The molecule has 0 aliphatic carbocycles. The first kappa shape index (κ1) is 17.4. The minimum Gasteiger partial charge on any atom is -0.495 e. The molecule has 0 bridgehead atoms. The molecule has 2 heterocycles. The van der Waals surface area contributed by atoms with E-state index in [2.05, 4.69) is 15.3 Å². The van der Waals surface area contributed by atoms with Gasteiger partial charge in [-0.2, -0.15) is 0 Å². The van der Waals surface area contributed by atoms with E-state index in [-0.39, 0.29) is 5.91 Å². The Hall–Kier alpha value is -2.44. The molecule has 5 nitrogen and oxygen atoms in total. The standard InChI is InChI=1S/C18H16ClN3O2S/c1-24-16-7-5-12(19)10-15(16)22-17(23)8-6-13-11-25-18(21-13)14-4-2-3-9-20-14/h2-5,7,9-11H,6,8H2,1H3,(H,22,23). The number of aromatic nitrogens is 2. The van der Waals surface area contributed by atoms with Crippen molar-refractivity contribution in [3.63, 3.8) is 0 Å². The number of anilines is 1. The van der Waals surface area contributed by atoms with Crippen molar-refractivity contribution in [3.8, 4) is 16.5 Å². The number of ether oxygens (including phenoxy) is 1. The minimum atomic E-state index is -0.118. The number of hydrogen-bond donors (Lipinski definition) is 1. The average Bonchev–Trinajstić information content (AvgIpc) is 3.10. The van der Waals surface area contributed by atoms with E-state index in [4.69, 9.17) is 16.3 Å². The SMILES string of the molecule is COc1ccc(Cl)cc1NC(=O)CCc1csc(-c2ccccn2)n1. The molecule has 0 unspecified atom stereocenters. The van der Waals surface area contributed by atoms with Gasteiger partial charge >= 0.3 is 0 Å². The van der Waals surface area contributed by atoms with E-state index in [1.165, 1.54) is 11.3 Å². The van der Waals surface area contributed by atoms with Gasteiger partial charge in [0.05, 0.1) is 24.2 Å². The van der Waals surface area contributed by atoms with Crippen LogP contribution in [0.1, 0.15) is 12.1 Å². The molecule has 0 aliphatic rings. The molecule has 1 amide bonds. The molecule has 0 saturated carbocycles. The van der Waals surface area contributed by atoms with E-state index in [1.807, 2.05) is 23.6 Å². The van der Waals surface area contributed by atoms with E-state index in [0.717, 1.165) is 16.4 Å². The minimum absolute atomic E-state index is 0.118. The van der Waals surface area contributed by atoms with Crippen molar-refractivity contribution < 1.29 is 9.53 Å². The number of benzene rings is 1. The summed E-state index contributed by atoms with van der Waals surface area (Å²) in [5, 5.41) is 6.17. The lowest BCUT2D eigenvalue weighted by Gasteiger charge is -2.10. The summed E-state index contributed by atoms with van der Waals surface area (Å²) in [7, 11) is 1.55. The van der Waals surface area contributed by atoms with E-state index < -0.39 is 0 Å². The van der Waals surface area contributed by atoms with Gasteiger partial charge in [-0.15, -0.1) is 11.3 Å². The van der Waals surface area contributed by atoms with Crippen LogP contribution in [0.5, 0.6) is 5.75 Å². The van der Waals surface area contributed by atoms with Crippen molar-refractivity contribution in [2.24, 2.45) is 0 Å². The highest BCUT2D eigenvalue weighted by molar-refractivity contribution is 7.13. The average molecular weight is 374 g/mol. The predicted molar refractivity (Wildman–Crippen MR) is 100 cm³/mol. The Balaban J connectivity index is 1.60. The Morgan fingerprint density at radius 3 is 2.96 bits per heavy atom. The summed E-state index contributed by atoms with van der Waals surface area (Å²) in [6.45, 7) is 0. The van der Waals surface area contributed by atoms with Gasteiger partial charge in [-0.25, -0.2) is 4.98 Å². The summed E-state index contributed by atoms with van der Waals surface area (Å²) in [6.07, 6.45) is 2.61. The second kappa shape index (κ2) is 8.09. The van der Waals surface area contributed by atoms with Gasteiger partial charge in [0.1, 0.15) is 10.8 Å². The second-order valence-corrected chi connectivity index (χ2v) is 6.55. The van der Waals surface area contributed by atoms with Gasteiger partial charge in [0.2, 0.25) is 5.91 Å². The van der Waals surface area contributed by atoms with E-state index in [9.17, 15) is 4.79 Å². The van der Waals surface area contributed by atoms with Crippen molar-refractivity contribution in [2.45, 2.75) is 12.8 Å². The lowest BCUT2D eigenvalue weighted by molar-refractivity contribution is -0.116. The zero-order valence-electron chi connectivity index (χ0n) is 13.5. The van der Waals surface area contributed by atoms with E-state index in [1.54, 1.807) is 31.5 Å². The summed E-state index contributed by atoms with van der Waals surface area (Å²) < 4.78 is 5.23. The Morgan fingerprint density at radius 2 is 2.20 bits per heavy atom. The topological polar surface area (TPSA) is 64.1 Å². The summed E-state index contributed by atoms with van der Waals surface area (Å²) >= 11 is 7.49. The Kier molecular flexibility index (Phi) is 5.63. The molecular weight excluding hydrogens is 358 g/mol. The van der Waals surface area contributed by atoms with Crippen LogP contribution < -0.4 is 10.1 Å². The number of amides is 1. The number of pyridine rings is 1. The van der Waals surface area contributed by atoms with Crippen molar-refractivity contribution in [1.29, 1.82) is 0 Å². The highest BCUT2D eigenvalue weighted by atomic mass is 35.5. The van der Waals surface area contributed by atoms with Crippen molar-refractivity contribution in [3.05, 3.63) is 58.7 Å². The predicted octanol–water partition coefficient (Wildman–Crippen LogP) is 4.44. The fraction of sp³-hybridized carbons (Fsp3) is 0.167. The van der Waals surface area contributed by atoms with Crippen LogP contribution >= 0.6 is 22.9 Å². The van der Waals surface area contributed by atoms with E-state index >= 15 is 0 Å². The summed E-state index contributed by atoms with van der Waals surface area (Å²) in [5.41, 5.74) is 2.28. The van der Waals surface area contributed by atoms with E-state index in [0.29, 0.717) is 29.3 Å². The number of methoxy groups -OCH3 is 1. The van der Waals surface area contributed by atoms with Crippen LogP contribution in [0.3, 0.4) is 0 Å². The fourth-order valence-electron chi connectivity index (χ4n) is 2.26. The highest BCUT2D eigenvalue weighted by Crippen LogP contribution is 2.28. The third-order valence-electron chi connectivity index (χ3n) is 3.48. The van der Waals surface area contributed by atoms with Gasteiger partial charge in [-0.05, 0) is 36.8 Å². The number of thiazole rings is 1. The number of carbonyl (C=O) groups excluding carboxylic acids is 1. The van der Waals surface area contributed by atoms with Crippen LogP contribution in [-0.4, -0.2) is 23.0 Å². The van der Waals surface area contributed by atoms with Crippen molar-refractivity contribution >= 4 is 34.5 Å². The Labute approximate surface area is 154 Å². The Bertz CT molecular complexity index is 868. The molecule has 3 aromatic rings. The number of hydrogen-bond acceptors (Lipinski definition) is 5. The quantitative estimate of drug-likeness (QED) is 0.693. The van der Waals surface area contributed by atoms with Crippen LogP contribution in [-0.2, 0) is 11.2 Å². The van der Waals surface area contributed by atoms with Gasteiger partial charge in [-0.1, -0.05) is 17.7 Å². The number of aryl methyl sites for hydroxylation is 1. The lowest BCUT2D eigenvalue weighted by atomic mass is 10.2. The first-order valence-electron chi connectivity index (χ1n) is 7.65. The van der Waals surface area contributed by atoms with Gasteiger partial charge in [0.25, 0.3) is 0 Å². The van der Waals surface area contributed by atoms with Crippen LogP contribution in [0.15, 0.2) is 48.0 Å². The summed E-state index contributed by atoms with van der Waals surface area (Å²) in [5.74, 6) is 0.455. The normalized spacial score (nSPS) is 10.5. The Morgan fingerprint density at radius 1 is 1.32 bits per heavy atom. The molecular formula is C18H16ClN3O2S. The van der Waals surface area contributed by atoms with Crippen LogP contribution in [0, 0.1) is 0 Å². The molecule has 0 radical (unpaired) electrons. The maximum Gasteiger partial charge on any atom is 0.224 e. The highest BCUT2D eigenvalue weighted by Gasteiger charge is 2.11. The maximum absolute atomic E-state index is 12.2. The fourth-order valence-corrected chi connectivity index (χ4v) is 3.26. The van der Waals surface area contributed by atoms with Gasteiger partial charge in [0, 0.05) is 23.0 Å². The molecule has 0 atom stereocenters. The molecule has 0 fully saturated rings. The zero-order chi connectivity index (χ0) is 17.6. The number of nitrogens with one attached hydrogen (secondary N) is 1. The molecule has 0 spiro atoms.